The number of hydrogen-bond acceptors (Lipinski definition) is 4. The van der Waals surface area contributed by atoms with Crippen LogP contribution < -0.4 is 19.8 Å². The molecule has 0 aliphatic carbocycles. The summed E-state index contributed by atoms with van der Waals surface area (Å²) in [5, 5.41) is 1.49. The number of pyridine rings is 1. The predicted octanol–water partition coefficient (Wildman–Crippen LogP) is 3.19. The van der Waals surface area contributed by atoms with Gasteiger partial charge < -0.3 is 19.2 Å². The zero-order valence-corrected chi connectivity index (χ0v) is 13.3. The molecule has 1 aliphatic heterocycles. The molecule has 2 heterocycles. The van der Waals surface area contributed by atoms with Crippen LogP contribution in [0.1, 0.15) is 11.3 Å². The van der Waals surface area contributed by atoms with Crippen molar-refractivity contribution in [3.63, 3.8) is 0 Å². The minimum atomic E-state index is -0.103. The number of para-hydroxylation sites is 2. The Morgan fingerprint density at radius 2 is 1.67 bits per heavy atom. The Kier molecular flexibility index (Phi) is 3.61. The summed E-state index contributed by atoms with van der Waals surface area (Å²) in [6.45, 7) is 3.04. The molecule has 0 atom stereocenters. The van der Waals surface area contributed by atoms with Crippen molar-refractivity contribution < 1.29 is 14.2 Å². The van der Waals surface area contributed by atoms with Crippen molar-refractivity contribution in [1.82, 2.24) is 4.98 Å². The minimum absolute atomic E-state index is 0.103. The number of rotatable bonds is 0. The van der Waals surface area contributed by atoms with E-state index in [0.29, 0.717) is 42.5 Å². The van der Waals surface area contributed by atoms with Crippen molar-refractivity contribution in [2.75, 3.05) is 13.2 Å². The monoisotopic (exact) mass is 323 g/mol. The maximum Gasteiger partial charge on any atom is 0.256 e. The van der Waals surface area contributed by atoms with Crippen molar-refractivity contribution in [2.24, 2.45) is 0 Å². The normalized spacial score (nSPS) is 13.9. The van der Waals surface area contributed by atoms with E-state index >= 15 is 0 Å². The second-order valence-electron chi connectivity index (χ2n) is 5.70. The number of aryl methyl sites for hydroxylation is 1. The highest BCUT2D eigenvalue weighted by molar-refractivity contribution is 5.86. The van der Waals surface area contributed by atoms with Crippen LogP contribution in [0.25, 0.3) is 10.8 Å². The molecule has 0 spiro atoms. The fraction of sp³-hybridized carbons (Fsp3) is 0.211. The smallest absolute Gasteiger partial charge is 0.256 e. The summed E-state index contributed by atoms with van der Waals surface area (Å²) in [5.74, 6) is 2.07. The van der Waals surface area contributed by atoms with E-state index in [1.54, 1.807) is 12.1 Å². The second-order valence-corrected chi connectivity index (χ2v) is 5.70. The fourth-order valence-corrected chi connectivity index (χ4v) is 2.91. The molecular formula is C19H17NO4. The number of aromatic nitrogens is 1. The van der Waals surface area contributed by atoms with Crippen molar-refractivity contribution in [1.29, 1.82) is 0 Å². The molecule has 0 fully saturated rings. The summed E-state index contributed by atoms with van der Waals surface area (Å²) in [6, 6.07) is 13.0. The lowest BCUT2D eigenvalue weighted by Crippen LogP contribution is -2.14. The average molecular weight is 323 g/mol. The third kappa shape index (κ3) is 2.58. The van der Waals surface area contributed by atoms with Gasteiger partial charge in [-0.1, -0.05) is 12.1 Å². The molecule has 2 aromatic carbocycles. The Morgan fingerprint density at radius 1 is 0.917 bits per heavy atom. The number of hydrogen-bond donors (Lipinski definition) is 1. The average Bonchev–Trinajstić information content (AvgIpc) is 2.58. The van der Waals surface area contributed by atoms with Gasteiger partial charge in [0.15, 0.2) is 11.5 Å². The molecule has 5 nitrogen and oxygen atoms in total. The van der Waals surface area contributed by atoms with Crippen LogP contribution in [0, 0.1) is 6.92 Å². The quantitative estimate of drug-likeness (QED) is 0.690. The highest BCUT2D eigenvalue weighted by atomic mass is 16.5. The van der Waals surface area contributed by atoms with Crippen LogP contribution >= 0.6 is 0 Å². The maximum absolute atomic E-state index is 12.2. The summed E-state index contributed by atoms with van der Waals surface area (Å²) >= 11 is 0. The van der Waals surface area contributed by atoms with E-state index in [0.717, 1.165) is 16.6 Å². The van der Waals surface area contributed by atoms with Gasteiger partial charge in [-0.15, -0.1) is 0 Å². The predicted molar refractivity (Wildman–Crippen MR) is 91.1 cm³/mol. The molecule has 1 aromatic heterocycles. The van der Waals surface area contributed by atoms with Crippen LogP contribution in [0.3, 0.4) is 0 Å². The van der Waals surface area contributed by atoms with Crippen LogP contribution in [0.2, 0.25) is 0 Å². The first kappa shape index (κ1) is 14.6. The third-order valence-electron chi connectivity index (χ3n) is 4.15. The Bertz CT molecular complexity index is 961. The standard InChI is InChI=1S/C19H17NO4/c1-12-16-11-24-18-5-3-2-4-17(18)23-9-8-22-13-6-7-14(15(16)10-13)19(21)20-12/h2-7,10H,8-9,11H2,1H3,(H,20,21). The molecule has 5 heteroatoms. The zero-order chi connectivity index (χ0) is 16.5. The highest BCUT2D eigenvalue weighted by Gasteiger charge is 2.13. The molecule has 0 amide bonds. The van der Waals surface area contributed by atoms with Crippen molar-refractivity contribution >= 4 is 10.8 Å². The lowest BCUT2D eigenvalue weighted by molar-refractivity contribution is 0.205. The highest BCUT2D eigenvalue weighted by Crippen LogP contribution is 2.30. The molecule has 0 saturated heterocycles. The van der Waals surface area contributed by atoms with E-state index in [1.165, 1.54) is 0 Å². The van der Waals surface area contributed by atoms with Crippen LogP contribution in [-0.4, -0.2) is 18.2 Å². The van der Waals surface area contributed by atoms with Crippen molar-refractivity contribution in [2.45, 2.75) is 13.5 Å². The van der Waals surface area contributed by atoms with Gasteiger partial charge in [0, 0.05) is 16.6 Å². The minimum Gasteiger partial charge on any atom is -0.490 e. The van der Waals surface area contributed by atoms with Gasteiger partial charge in [0.1, 0.15) is 25.6 Å². The van der Waals surface area contributed by atoms with Crippen LogP contribution in [0.15, 0.2) is 47.3 Å². The third-order valence-corrected chi connectivity index (χ3v) is 4.15. The Balaban J connectivity index is 1.87. The molecule has 0 radical (unpaired) electrons. The Morgan fingerprint density at radius 3 is 2.50 bits per heavy atom. The summed E-state index contributed by atoms with van der Waals surface area (Å²) in [7, 11) is 0. The van der Waals surface area contributed by atoms with Crippen LogP contribution in [-0.2, 0) is 6.61 Å². The van der Waals surface area contributed by atoms with E-state index in [-0.39, 0.29) is 5.56 Å². The second kappa shape index (κ2) is 5.92. The molecule has 1 aliphatic rings. The number of ether oxygens (including phenoxy) is 3. The summed E-state index contributed by atoms with van der Waals surface area (Å²) in [4.78, 5) is 15.1. The van der Waals surface area contributed by atoms with E-state index in [4.69, 9.17) is 14.2 Å². The van der Waals surface area contributed by atoms with Gasteiger partial charge in [-0.25, -0.2) is 0 Å². The van der Waals surface area contributed by atoms with Gasteiger partial charge in [0.05, 0.1) is 0 Å². The summed E-state index contributed by atoms with van der Waals surface area (Å²) in [5.41, 5.74) is 1.62. The first-order chi connectivity index (χ1) is 11.7. The number of benzene rings is 2. The van der Waals surface area contributed by atoms with E-state index < -0.39 is 0 Å². The van der Waals surface area contributed by atoms with Crippen LogP contribution in [0.4, 0.5) is 0 Å². The van der Waals surface area contributed by atoms with Crippen molar-refractivity contribution in [3.8, 4) is 17.2 Å². The molecule has 3 aromatic rings. The molecule has 1 N–H and O–H groups in total. The van der Waals surface area contributed by atoms with E-state index in [1.807, 2.05) is 37.3 Å². The SMILES string of the molecule is Cc1[nH]c(=O)c2ccc3cc2c1COc1ccccc1OCCO3. The molecule has 122 valence electrons. The molecule has 2 bridgehead atoms. The molecule has 24 heavy (non-hydrogen) atoms. The van der Waals surface area contributed by atoms with Gasteiger partial charge in [-0.3, -0.25) is 4.79 Å². The fourth-order valence-electron chi connectivity index (χ4n) is 2.91. The molecule has 0 saturated carbocycles. The van der Waals surface area contributed by atoms with Crippen molar-refractivity contribution in [3.05, 3.63) is 64.1 Å². The largest absolute Gasteiger partial charge is 0.490 e. The van der Waals surface area contributed by atoms with Gasteiger partial charge in [-0.05, 0) is 42.6 Å². The van der Waals surface area contributed by atoms with Gasteiger partial charge in [0.25, 0.3) is 5.56 Å². The Labute approximate surface area is 138 Å². The van der Waals surface area contributed by atoms with E-state index in [2.05, 4.69) is 4.98 Å². The molecular weight excluding hydrogens is 306 g/mol. The molecule has 0 unspecified atom stereocenters. The number of nitrogens with one attached hydrogen (secondary N) is 1. The number of aromatic amines is 1. The first-order valence-corrected chi connectivity index (χ1v) is 7.85. The lowest BCUT2D eigenvalue weighted by Gasteiger charge is -2.17. The van der Waals surface area contributed by atoms with Crippen LogP contribution in [0.5, 0.6) is 17.2 Å². The number of fused-ring (bicyclic) bond motifs is 2. The van der Waals surface area contributed by atoms with Gasteiger partial charge >= 0.3 is 0 Å². The first-order valence-electron chi connectivity index (χ1n) is 7.85. The van der Waals surface area contributed by atoms with Gasteiger partial charge in [-0.2, -0.15) is 0 Å². The lowest BCUT2D eigenvalue weighted by atomic mass is 10.0. The molecule has 4 rings (SSSR count). The number of H-pyrrole nitrogens is 1. The topological polar surface area (TPSA) is 60.6 Å². The Hall–Kier alpha value is -2.95. The maximum atomic E-state index is 12.2. The van der Waals surface area contributed by atoms with Gasteiger partial charge in [0.2, 0.25) is 0 Å². The summed E-state index contributed by atoms with van der Waals surface area (Å²) in [6.07, 6.45) is 0. The summed E-state index contributed by atoms with van der Waals surface area (Å²) < 4.78 is 17.5. The zero-order valence-electron chi connectivity index (χ0n) is 13.3. The van der Waals surface area contributed by atoms with E-state index in [9.17, 15) is 4.79 Å².